The highest BCUT2D eigenvalue weighted by molar-refractivity contribution is 8.26. The van der Waals surface area contributed by atoms with E-state index >= 15 is 0 Å². The summed E-state index contributed by atoms with van der Waals surface area (Å²) in [5, 5.41) is 3.66. The summed E-state index contributed by atoms with van der Waals surface area (Å²) in [6.07, 6.45) is 7.71. The summed E-state index contributed by atoms with van der Waals surface area (Å²) in [6.45, 7) is 0.309. The van der Waals surface area contributed by atoms with Crippen LogP contribution in [0.15, 0.2) is 29.2 Å². The molecule has 1 saturated carbocycles. The van der Waals surface area contributed by atoms with Crippen molar-refractivity contribution in [3.8, 4) is 0 Å². The molecule has 138 valence electrons. The predicted molar refractivity (Wildman–Crippen MR) is 111 cm³/mol. The van der Waals surface area contributed by atoms with Gasteiger partial charge in [0.1, 0.15) is 4.32 Å². The van der Waals surface area contributed by atoms with Gasteiger partial charge in [-0.1, -0.05) is 73.0 Å². The molecular weight excluding hydrogens is 388 g/mol. The molecule has 2 amide bonds. The molecule has 26 heavy (non-hydrogen) atoms. The van der Waals surface area contributed by atoms with E-state index in [9.17, 15) is 9.59 Å². The van der Waals surface area contributed by atoms with E-state index in [4.69, 9.17) is 23.8 Å². The number of hydrogen-bond acceptors (Lipinski definition) is 4. The zero-order valence-electron chi connectivity index (χ0n) is 14.4. The summed E-state index contributed by atoms with van der Waals surface area (Å²) in [6, 6.07) is 7.63. The molecule has 0 unspecified atom stereocenters. The van der Waals surface area contributed by atoms with Crippen molar-refractivity contribution in [2.75, 3.05) is 6.54 Å². The van der Waals surface area contributed by atoms with Crippen molar-refractivity contribution < 1.29 is 9.59 Å². The molecule has 2 fully saturated rings. The summed E-state index contributed by atoms with van der Waals surface area (Å²) in [4.78, 5) is 26.8. The minimum Gasteiger partial charge on any atom is -0.353 e. The molecule has 0 atom stereocenters. The van der Waals surface area contributed by atoms with Crippen LogP contribution >= 0.6 is 35.6 Å². The van der Waals surface area contributed by atoms with Crippen LogP contribution in [0, 0.1) is 0 Å². The molecule has 1 heterocycles. The van der Waals surface area contributed by atoms with Gasteiger partial charge in [0.25, 0.3) is 5.91 Å². The Morgan fingerprint density at radius 3 is 2.77 bits per heavy atom. The van der Waals surface area contributed by atoms with Gasteiger partial charge in [-0.3, -0.25) is 14.5 Å². The van der Waals surface area contributed by atoms with Crippen molar-refractivity contribution in [1.29, 1.82) is 0 Å². The minimum absolute atomic E-state index is 0.0129. The van der Waals surface area contributed by atoms with Crippen molar-refractivity contribution in [3.63, 3.8) is 0 Å². The van der Waals surface area contributed by atoms with E-state index in [0.717, 1.165) is 18.4 Å². The maximum Gasteiger partial charge on any atom is 0.266 e. The van der Waals surface area contributed by atoms with Crippen LogP contribution in [-0.2, 0) is 9.59 Å². The van der Waals surface area contributed by atoms with Crippen LogP contribution < -0.4 is 5.32 Å². The number of thioether (sulfide) groups is 1. The average Bonchev–Trinajstić information content (AvgIpc) is 2.89. The topological polar surface area (TPSA) is 49.4 Å². The minimum atomic E-state index is -0.162. The summed E-state index contributed by atoms with van der Waals surface area (Å²) < 4.78 is 0.485. The third kappa shape index (κ3) is 4.87. The smallest absolute Gasteiger partial charge is 0.266 e. The molecule has 0 spiro atoms. The molecule has 4 nitrogen and oxygen atoms in total. The first kappa shape index (κ1) is 19.4. The first-order valence-electron chi connectivity index (χ1n) is 8.84. The number of hydrogen-bond donors (Lipinski definition) is 1. The first-order valence-corrected chi connectivity index (χ1v) is 10.4. The van der Waals surface area contributed by atoms with E-state index in [1.54, 1.807) is 12.1 Å². The lowest BCUT2D eigenvalue weighted by Crippen LogP contribution is -2.39. The largest absolute Gasteiger partial charge is 0.353 e. The Morgan fingerprint density at radius 1 is 1.31 bits per heavy atom. The Labute approximate surface area is 168 Å². The van der Waals surface area contributed by atoms with Crippen LogP contribution in [0.1, 0.15) is 44.1 Å². The monoisotopic (exact) mass is 408 g/mol. The van der Waals surface area contributed by atoms with E-state index < -0.39 is 0 Å². The van der Waals surface area contributed by atoms with Gasteiger partial charge in [0.15, 0.2) is 0 Å². The quantitative estimate of drug-likeness (QED) is 0.580. The predicted octanol–water partition coefficient (Wildman–Crippen LogP) is 4.38. The van der Waals surface area contributed by atoms with Gasteiger partial charge in [-0.05, 0) is 30.5 Å². The molecular formula is C19H21ClN2O2S2. The van der Waals surface area contributed by atoms with Crippen molar-refractivity contribution in [2.24, 2.45) is 0 Å². The summed E-state index contributed by atoms with van der Waals surface area (Å²) in [5.74, 6) is -0.175. The standard InChI is InChI=1S/C19H21ClN2O2S2/c20-15-9-5-4-6-13(15)12-16-18(24)22(19(25)26-16)11-10-17(23)21-14-7-2-1-3-8-14/h4-6,9,12,14H,1-3,7-8,10-11H2,(H,21,23). The fourth-order valence-electron chi connectivity index (χ4n) is 3.19. The lowest BCUT2D eigenvalue weighted by Gasteiger charge is -2.23. The van der Waals surface area contributed by atoms with Gasteiger partial charge >= 0.3 is 0 Å². The Bertz CT molecular complexity index is 745. The van der Waals surface area contributed by atoms with Crippen molar-refractivity contribution in [1.82, 2.24) is 10.2 Å². The van der Waals surface area contributed by atoms with Gasteiger partial charge in [-0.2, -0.15) is 0 Å². The second-order valence-corrected chi connectivity index (χ2v) is 8.59. The number of thiocarbonyl (C=S) groups is 1. The molecule has 1 aliphatic carbocycles. The van der Waals surface area contributed by atoms with Gasteiger partial charge in [0.2, 0.25) is 5.91 Å². The van der Waals surface area contributed by atoms with Gasteiger partial charge in [-0.15, -0.1) is 0 Å². The summed E-state index contributed by atoms with van der Waals surface area (Å²) in [5.41, 5.74) is 0.782. The number of amides is 2. The Morgan fingerprint density at radius 2 is 2.04 bits per heavy atom. The summed E-state index contributed by atoms with van der Waals surface area (Å²) >= 11 is 12.7. The molecule has 0 aromatic heterocycles. The number of rotatable bonds is 5. The Kier molecular flexibility index (Phi) is 6.73. The molecule has 1 N–H and O–H groups in total. The number of carbonyl (C=O) groups excluding carboxylic acids is 2. The molecule has 1 saturated heterocycles. The molecule has 2 aliphatic rings. The fraction of sp³-hybridized carbons (Fsp3) is 0.421. The molecule has 1 aromatic rings. The maximum absolute atomic E-state index is 12.6. The molecule has 0 bridgehead atoms. The van der Waals surface area contributed by atoms with Gasteiger partial charge in [0.05, 0.1) is 4.91 Å². The van der Waals surface area contributed by atoms with E-state index in [1.807, 2.05) is 18.2 Å². The average molecular weight is 409 g/mol. The van der Waals surface area contributed by atoms with Crippen LogP contribution in [-0.4, -0.2) is 33.6 Å². The number of halogens is 1. The maximum atomic E-state index is 12.6. The SMILES string of the molecule is O=C(CCN1C(=O)C(=Cc2ccccc2Cl)SC1=S)NC1CCCCC1. The van der Waals surface area contributed by atoms with Crippen LogP contribution in [0.4, 0.5) is 0 Å². The fourth-order valence-corrected chi connectivity index (χ4v) is 4.68. The number of nitrogens with zero attached hydrogens (tertiary/aromatic N) is 1. The summed E-state index contributed by atoms with van der Waals surface area (Å²) in [7, 11) is 0. The van der Waals surface area contributed by atoms with Crippen LogP contribution in [0.2, 0.25) is 5.02 Å². The van der Waals surface area contributed by atoms with Crippen molar-refractivity contribution in [2.45, 2.75) is 44.6 Å². The third-order valence-electron chi connectivity index (χ3n) is 4.60. The Balaban J connectivity index is 1.57. The van der Waals surface area contributed by atoms with E-state index in [-0.39, 0.29) is 24.3 Å². The van der Waals surface area contributed by atoms with Crippen LogP contribution in [0.25, 0.3) is 6.08 Å². The molecule has 1 aromatic carbocycles. The normalized spacial score (nSPS) is 20.0. The van der Waals surface area contributed by atoms with Crippen molar-refractivity contribution in [3.05, 3.63) is 39.8 Å². The van der Waals surface area contributed by atoms with E-state index in [0.29, 0.717) is 20.8 Å². The number of nitrogens with one attached hydrogen (secondary N) is 1. The van der Waals surface area contributed by atoms with Gasteiger partial charge in [-0.25, -0.2) is 0 Å². The highest BCUT2D eigenvalue weighted by Crippen LogP contribution is 2.33. The van der Waals surface area contributed by atoms with Crippen molar-refractivity contribution >= 4 is 57.8 Å². The van der Waals surface area contributed by atoms with Crippen LogP contribution in [0.5, 0.6) is 0 Å². The number of benzene rings is 1. The molecule has 1 aliphatic heterocycles. The zero-order chi connectivity index (χ0) is 18.5. The van der Waals surface area contributed by atoms with E-state index in [1.165, 1.54) is 35.9 Å². The highest BCUT2D eigenvalue weighted by atomic mass is 35.5. The second-order valence-electron chi connectivity index (χ2n) is 6.51. The highest BCUT2D eigenvalue weighted by Gasteiger charge is 2.32. The molecule has 3 rings (SSSR count). The second kappa shape index (κ2) is 9.02. The lowest BCUT2D eigenvalue weighted by molar-refractivity contribution is -0.124. The van der Waals surface area contributed by atoms with Crippen LogP contribution in [0.3, 0.4) is 0 Å². The van der Waals surface area contributed by atoms with Gasteiger partial charge in [0, 0.05) is 24.0 Å². The van der Waals surface area contributed by atoms with E-state index in [2.05, 4.69) is 5.32 Å². The lowest BCUT2D eigenvalue weighted by atomic mass is 9.95. The van der Waals surface area contributed by atoms with Gasteiger partial charge < -0.3 is 5.32 Å². The first-order chi connectivity index (χ1) is 12.5. The molecule has 7 heteroatoms. The third-order valence-corrected chi connectivity index (χ3v) is 6.32. The molecule has 0 radical (unpaired) electrons. The Hall–Kier alpha value is -1.37. The zero-order valence-corrected chi connectivity index (χ0v) is 16.8. The number of carbonyl (C=O) groups is 2.